The average Bonchev–Trinajstić information content (AvgIpc) is 2.38. The van der Waals surface area contributed by atoms with Gasteiger partial charge in [-0.15, -0.1) is 0 Å². The van der Waals surface area contributed by atoms with Crippen LogP contribution in [0, 0.1) is 12.7 Å². The second-order valence-electron chi connectivity index (χ2n) is 4.21. The number of benzene rings is 1. The highest BCUT2D eigenvalue weighted by Crippen LogP contribution is 2.27. The number of aromatic nitrogens is 1. The van der Waals surface area contributed by atoms with E-state index in [0.717, 1.165) is 0 Å². The lowest BCUT2D eigenvalue weighted by molar-refractivity contribution is -0.147. The van der Waals surface area contributed by atoms with Crippen LogP contribution in [0.1, 0.15) is 12.5 Å². The first kappa shape index (κ1) is 13.3. The van der Waals surface area contributed by atoms with Crippen LogP contribution in [-0.4, -0.2) is 24.2 Å². The van der Waals surface area contributed by atoms with Crippen molar-refractivity contribution in [3.63, 3.8) is 0 Å². The number of esters is 1. The number of fused-ring (bicyclic) bond motifs is 1. The smallest absolute Gasteiger partial charge is 0.346 e. The SMILES string of the molecule is COC(=O)C(C)Oc1ccnc2c(C)cc(F)cc12. The Morgan fingerprint density at radius 1 is 1.42 bits per heavy atom. The molecule has 2 aromatic rings. The van der Waals surface area contributed by atoms with Crippen molar-refractivity contribution in [3.8, 4) is 5.75 Å². The van der Waals surface area contributed by atoms with Gasteiger partial charge in [-0.1, -0.05) is 0 Å². The van der Waals surface area contributed by atoms with Crippen molar-refractivity contribution in [2.24, 2.45) is 0 Å². The quantitative estimate of drug-likeness (QED) is 0.799. The Balaban J connectivity index is 2.46. The molecule has 0 aliphatic rings. The number of pyridine rings is 1. The van der Waals surface area contributed by atoms with Crippen LogP contribution in [0.4, 0.5) is 4.39 Å². The van der Waals surface area contributed by atoms with Crippen molar-refractivity contribution in [1.82, 2.24) is 4.98 Å². The average molecular weight is 263 g/mol. The summed E-state index contributed by atoms with van der Waals surface area (Å²) < 4.78 is 23.6. The van der Waals surface area contributed by atoms with Crippen LogP contribution in [0.25, 0.3) is 10.9 Å². The van der Waals surface area contributed by atoms with Crippen molar-refractivity contribution in [1.29, 1.82) is 0 Å². The first-order chi connectivity index (χ1) is 9.02. The van der Waals surface area contributed by atoms with E-state index < -0.39 is 12.1 Å². The van der Waals surface area contributed by atoms with Gasteiger partial charge < -0.3 is 9.47 Å². The number of carbonyl (C=O) groups excluding carboxylic acids is 1. The molecule has 100 valence electrons. The summed E-state index contributed by atoms with van der Waals surface area (Å²) in [6.45, 7) is 3.34. The van der Waals surface area contributed by atoms with Crippen molar-refractivity contribution in [2.75, 3.05) is 7.11 Å². The van der Waals surface area contributed by atoms with Gasteiger partial charge in [-0.2, -0.15) is 0 Å². The molecule has 0 bridgehead atoms. The first-order valence-corrected chi connectivity index (χ1v) is 5.82. The molecule has 1 atom stereocenters. The number of hydrogen-bond donors (Lipinski definition) is 0. The van der Waals surface area contributed by atoms with Crippen LogP contribution in [0.5, 0.6) is 5.75 Å². The zero-order valence-corrected chi connectivity index (χ0v) is 10.9. The summed E-state index contributed by atoms with van der Waals surface area (Å²) in [4.78, 5) is 15.5. The molecule has 0 aliphatic carbocycles. The highest BCUT2D eigenvalue weighted by atomic mass is 19.1. The van der Waals surface area contributed by atoms with Crippen molar-refractivity contribution >= 4 is 16.9 Å². The fraction of sp³-hybridized carbons (Fsp3) is 0.286. The molecule has 0 saturated carbocycles. The summed E-state index contributed by atoms with van der Waals surface area (Å²) in [5.74, 6) is -0.447. The lowest BCUT2D eigenvalue weighted by Gasteiger charge is -2.14. The summed E-state index contributed by atoms with van der Waals surface area (Å²) >= 11 is 0. The van der Waals surface area contributed by atoms with Crippen molar-refractivity contribution in [2.45, 2.75) is 20.0 Å². The second kappa shape index (κ2) is 5.22. The van der Waals surface area contributed by atoms with Crippen molar-refractivity contribution < 1.29 is 18.7 Å². The number of halogens is 1. The molecule has 0 N–H and O–H groups in total. The van der Waals surface area contributed by atoms with Crippen LogP contribution >= 0.6 is 0 Å². The Morgan fingerprint density at radius 3 is 2.84 bits per heavy atom. The highest BCUT2D eigenvalue weighted by molar-refractivity contribution is 5.87. The Hall–Kier alpha value is -2.17. The summed E-state index contributed by atoms with van der Waals surface area (Å²) in [5.41, 5.74) is 1.36. The molecule has 1 heterocycles. The minimum atomic E-state index is -0.765. The molecule has 1 aromatic heterocycles. The summed E-state index contributed by atoms with van der Waals surface area (Å²) in [6.07, 6.45) is 0.797. The van der Waals surface area contributed by atoms with Crippen molar-refractivity contribution in [3.05, 3.63) is 35.8 Å². The van der Waals surface area contributed by atoms with E-state index in [2.05, 4.69) is 9.72 Å². The zero-order chi connectivity index (χ0) is 14.0. The molecule has 1 aromatic carbocycles. The Kier molecular flexibility index (Phi) is 3.64. The van der Waals surface area contributed by atoms with Gasteiger partial charge in [0.15, 0.2) is 6.10 Å². The van der Waals surface area contributed by atoms with E-state index in [-0.39, 0.29) is 5.82 Å². The second-order valence-corrected chi connectivity index (χ2v) is 4.21. The fourth-order valence-corrected chi connectivity index (χ4v) is 1.87. The van der Waals surface area contributed by atoms with E-state index in [1.165, 1.54) is 19.2 Å². The van der Waals surface area contributed by atoms with Crippen LogP contribution in [0.15, 0.2) is 24.4 Å². The zero-order valence-electron chi connectivity index (χ0n) is 10.9. The first-order valence-electron chi connectivity index (χ1n) is 5.82. The molecule has 5 heteroatoms. The minimum Gasteiger partial charge on any atom is -0.478 e. The topological polar surface area (TPSA) is 48.4 Å². The normalized spacial score (nSPS) is 12.2. The minimum absolute atomic E-state index is 0.367. The maximum absolute atomic E-state index is 13.5. The van der Waals surface area contributed by atoms with Gasteiger partial charge in [0.1, 0.15) is 11.6 Å². The van der Waals surface area contributed by atoms with E-state index in [0.29, 0.717) is 22.2 Å². The van der Waals surface area contributed by atoms with Gasteiger partial charge in [0.25, 0.3) is 0 Å². The summed E-state index contributed by atoms with van der Waals surface area (Å²) in [7, 11) is 1.29. The number of rotatable bonds is 3. The van der Waals surface area contributed by atoms with Gasteiger partial charge in [0.05, 0.1) is 12.6 Å². The van der Waals surface area contributed by atoms with Gasteiger partial charge in [-0.05, 0) is 37.6 Å². The molecular formula is C14H14FNO3. The third kappa shape index (κ3) is 2.65. The van der Waals surface area contributed by atoms with E-state index in [9.17, 15) is 9.18 Å². The number of nitrogens with zero attached hydrogens (tertiary/aromatic N) is 1. The fourth-order valence-electron chi connectivity index (χ4n) is 1.87. The molecule has 0 radical (unpaired) electrons. The molecular weight excluding hydrogens is 249 g/mol. The number of methoxy groups -OCH3 is 1. The molecule has 4 nitrogen and oxygen atoms in total. The molecule has 0 amide bonds. The van der Waals surface area contributed by atoms with Crippen LogP contribution in [0.2, 0.25) is 0 Å². The summed E-state index contributed by atoms with van der Waals surface area (Å²) in [5, 5.41) is 0.538. The lowest BCUT2D eigenvalue weighted by atomic mass is 10.1. The number of aryl methyl sites for hydroxylation is 1. The third-order valence-electron chi connectivity index (χ3n) is 2.80. The molecule has 1 unspecified atom stereocenters. The predicted octanol–water partition coefficient (Wildman–Crippen LogP) is 2.62. The van der Waals surface area contributed by atoms with Gasteiger partial charge in [-0.3, -0.25) is 4.98 Å². The van der Waals surface area contributed by atoms with Gasteiger partial charge >= 0.3 is 5.97 Å². The molecule has 0 spiro atoms. The van der Waals surface area contributed by atoms with Gasteiger partial charge in [-0.25, -0.2) is 9.18 Å². The Bertz CT molecular complexity index is 627. The molecule has 19 heavy (non-hydrogen) atoms. The molecule has 0 fully saturated rings. The van der Waals surface area contributed by atoms with E-state index in [1.54, 1.807) is 26.1 Å². The Labute approximate surface area is 110 Å². The molecule has 0 aliphatic heterocycles. The maximum atomic E-state index is 13.5. The maximum Gasteiger partial charge on any atom is 0.346 e. The van der Waals surface area contributed by atoms with Gasteiger partial charge in [0.2, 0.25) is 0 Å². The van der Waals surface area contributed by atoms with Crippen LogP contribution in [0.3, 0.4) is 0 Å². The van der Waals surface area contributed by atoms with E-state index in [4.69, 9.17) is 4.74 Å². The Morgan fingerprint density at radius 2 is 2.16 bits per heavy atom. The molecule has 0 saturated heterocycles. The number of ether oxygens (including phenoxy) is 2. The highest BCUT2D eigenvalue weighted by Gasteiger charge is 2.17. The predicted molar refractivity (Wildman–Crippen MR) is 68.5 cm³/mol. The van der Waals surface area contributed by atoms with Crippen LogP contribution in [-0.2, 0) is 9.53 Å². The largest absolute Gasteiger partial charge is 0.478 e. The number of hydrogen-bond acceptors (Lipinski definition) is 4. The standard InChI is InChI=1S/C14H14FNO3/c1-8-6-10(15)7-11-12(4-5-16-13(8)11)19-9(2)14(17)18-3/h4-7,9H,1-3H3. The van der Waals surface area contributed by atoms with E-state index >= 15 is 0 Å². The van der Waals surface area contributed by atoms with Gasteiger partial charge in [0, 0.05) is 11.6 Å². The molecule has 2 rings (SSSR count). The van der Waals surface area contributed by atoms with Crippen LogP contribution < -0.4 is 4.74 Å². The lowest BCUT2D eigenvalue weighted by Crippen LogP contribution is -2.25. The monoisotopic (exact) mass is 263 g/mol. The third-order valence-corrected chi connectivity index (χ3v) is 2.80. The number of carbonyl (C=O) groups is 1. The van der Waals surface area contributed by atoms with E-state index in [1.807, 2.05) is 0 Å². The summed E-state index contributed by atoms with van der Waals surface area (Å²) in [6, 6.07) is 4.35.